The highest BCUT2D eigenvalue weighted by Gasteiger charge is 2.16. The van der Waals surface area contributed by atoms with Crippen LogP contribution in [0.1, 0.15) is 5.56 Å². The summed E-state index contributed by atoms with van der Waals surface area (Å²) >= 11 is 6.54. The lowest BCUT2D eigenvalue weighted by atomic mass is 10.2. The normalized spacial score (nSPS) is 17.1. The summed E-state index contributed by atoms with van der Waals surface area (Å²) in [5.41, 5.74) is 2.18. The highest BCUT2D eigenvalue weighted by molar-refractivity contribution is 6.32. The lowest BCUT2D eigenvalue weighted by molar-refractivity contribution is 0.0398. The van der Waals surface area contributed by atoms with E-state index in [1.807, 2.05) is 18.2 Å². The Hall–Kier alpha value is -2.83. The first-order valence-electron chi connectivity index (χ1n) is 12.9. The van der Waals surface area contributed by atoms with Gasteiger partial charge >= 0.3 is 0 Å². The van der Waals surface area contributed by atoms with E-state index in [2.05, 4.69) is 47.9 Å². The van der Waals surface area contributed by atoms with E-state index in [1.54, 1.807) is 0 Å². The highest BCUT2D eigenvalue weighted by atomic mass is 35.5. The number of nitrogens with zero attached hydrogens (tertiary/aromatic N) is 6. The zero-order valence-corrected chi connectivity index (χ0v) is 21.7. The lowest BCUT2D eigenvalue weighted by Crippen LogP contribution is -2.39. The van der Waals surface area contributed by atoms with Gasteiger partial charge in [0.05, 0.1) is 26.4 Å². The number of benzene rings is 1. The van der Waals surface area contributed by atoms with Crippen molar-refractivity contribution >= 4 is 40.3 Å². The Kier molecular flexibility index (Phi) is 9.14. The van der Waals surface area contributed by atoms with Gasteiger partial charge in [-0.1, -0.05) is 41.9 Å². The molecule has 37 heavy (non-hydrogen) atoms. The molecule has 0 bridgehead atoms. The standard InChI is InChI=1S/C25H34ClN9O2/c26-21-24(28-7-9-35-12-16-37-17-13-35)31-23-20(30-21)22(27-6-8-34-10-14-36-15-11-34)32-25(33-23)29-18-19-4-2-1-3-5-19/h1-5H,6-18H2,(H3,27,28,29,31,32,33). The number of morpholine rings is 2. The fraction of sp³-hybridized carbons (Fsp3) is 0.520. The van der Waals surface area contributed by atoms with Gasteiger partial charge in [-0.2, -0.15) is 9.97 Å². The molecule has 0 radical (unpaired) electrons. The zero-order valence-electron chi connectivity index (χ0n) is 21.0. The van der Waals surface area contributed by atoms with E-state index in [0.29, 0.717) is 53.5 Å². The minimum absolute atomic E-state index is 0.305. The molecule has 12 heteroatoms. The van der Waals surface area contributed by atoms with E-state index >= 15 is 0 Å². The molecule has 0 unspecified atom stereocenters. The van der Waals surface area contributed by atoms with Crippen LogP contribution in [0.4, 0.5) is 17.6 Å². The summed E-state index contributed by atoms with van der Waals surface area (Å²) in [6.45, 7) is 10.6. The summed E-state index contributed by atoms with van der Waals surface area (Å²) in [7, 11) is 0. The minimum atomic E-state index is 0.305. The topological polar surface area (TPSA) is 113 Å². The summed E-state index contributed by atoms with van der Waals surface area (Å²) in [6.07, 6.45) is 0. The molecule has 11 nitrogen and oxygen atoms in total. The molecule has 2 aromatic heterocycles. The Morgan fingerprint density at radius 2 is 1.35 bits per heavy atom. The molecule has 198 valence electrons. The Labute approximate surface area is 221 Å². The molecule has 3 N–H and O–H groups in total. The first-order chi connectivity index (χ1) is 18.2. The number of rotatable bonds is 11. The molecule has 4 heterocycles. The van der Waals surface area contributed by atoms with Gasteiger partial charge in [-0.05, 0) is 5.56 Å². The average Bonchev–Trinajstić information content (AvgIpc) is 2.94. The largest absolute Gasteiger partial charge is 0.379 e. The van der Waals surface area contributed by atoms with E-state index in [-0.39, 0.29) is 0 Å². The van der Waals surface area contributed by atoms with Crippen LogP contribution in [0, 0.1) is 0 Å². The smallest absolute Gasteiger partial charge is 0.227 e. The maximum atomic E-state index is 6.54. The molecular weight excluding hydrogens is 494 g/mol. The number of halogens is 1. The minimum Gasteiger partial charge on any atom is -0.379 e. The van der Waals surface area contributed by atoms with Gasteiger partial charge in [0.2, 0.25) is 5.95 Å². The second-order valence-electron chi connectivity index (χ2n) is 9.03. The fourth-order valence-electron chi connectivity index (χ4n) is 4.33. The van der Waals surface area contributed by atoms with E-state index in [4.69, 9.17) is 31.0 Å². The third kappa shape index (κ3) is 7.36. The Morgan fingerprint density at radius 3 is 2.00 bits per heavy atom. The quantitative estimate of drug-likeness (QED) is 0.341. The van der Waals surface area contributed by atoms with Crippen molar-refractivity contribution in [1.82, 2.24) is 29.7 Å². The molecule has 1 aromatic carbocycles. The molecule has 5 rings (SSSR count). The van der Waals surface area contributed by atoms with Crippen LogP contribution in [0.2, 0.25) is 5.15 Å². The van der Waals surface area contributed by atoms with Crippen molar-refractivity contribution in [3.8, 4) is 0 Å². The van der Waals surface area contributed by atoms with Crippen molar-refractivity contribution in [2.75, 3.05) is 94.7 Å². The van der Waals surface area contributed by atoms with Gasteiger partial charge in [-0.25, -0.2) is 9.97 Å². The zero-order chi connectivity index (χ0) is 25.3. The number of nitrogens with one attached hydrogen (secondary N) is 3. The van der Waals surface area contributed by atoms with Crippen LogP contribution in [-0.4, -0.2) is 109 Å². The average molecular weight is 528 g/mol. The number of ether oxygens (including phenoxy) is 2. The van der Waals surface area contributed by atoms with Crippen molar-refractivity contribution in [1.29, 1.82) is 0 Å². The number of anilines is 3. The van der Waals surface area contributed by atoms with E-state index in [1.165, 1.54) is 0 Å². The third-order valence-corrected chi connectivity index (χ3v) is 6.69. The number of fused-ring (bicyclic) bond motifs is 1. The lowest BCUT2D eigenvalue weighted by Gasteiger charge is -2.26. The Bertz CT molecular complexity index is 1140. The molecule has 0 amide bonds. The molecule has 0 saturated carbocycles. The highest BCUT2D eigenvalue weighted by Crippen LogP contribution is 2.25. The van der Waals surface area contributed by atoms with Crippen LogP contribution >= 0.6 is 11.6 Å². The molecular formula is C25H34ClN9O2. The predicted octanol–water partition coefficient (Wildman–Crippen LogP) is 2.17. The molecule has 3 aromatic rings. The number of hydrogen-bond donors (Lipinski definition) is 3. The van der Waals surface area contributed by atoms with Crippen LogP contribution in [0.15, 0.2) is 30.3 Å². The van der Waals surface area contributed by atoms with Gasteiger partial charge in [-0.15, -0.1) is 0 Å². The summed E-state index contributed by atoms with van der Waals surface area (Å²) in [5, 5.41) is 10.4. The first kappa shape index (κ1) is 25.8. The maximum Gasteiger partial charge on any atom is 0.227 e. The summed E-state index contributed by atoms with van der Waals surface area (Å²) in [6, 6.07) is 10.1. The Balaban J connectivity index is 1.31. The number of aromatic nitrogens is 4. The van der Waals surface area contributed by atoms with Gasteiger partial charge in [0.1, 0.15) is 0 Å². The fourth-order valence-corrected chi connectivity index (χ4v) is 4.53. The van der Waals surface area contributed by atoms with Crippen molar-refractivity contribution in [3.63, 3.8) is 0 Å². The van der Waals surface area contributed by atoms with Crippen molar-refractivity contribution < 1.29 is 9.47 Å². The second-order valence-corrected chi connectivity index (χ2v) is 9.39. The summed E-state index contributed by atoms with van der Waals surface area (Å²) in [4.78, 5) is 23.4. The summed E-state index contributed by atoms with van der Waals surface area (Å²) < 4.78 is 10.9. The van der Waals surface area contributed by atoms with Crippen LogP contribution in [0.5, 0.6) is 0 Å². The van der Waals surface area contributed by atoms with Crippen LogP contribution in [0.3, 0.4) is 0 Å². The molecule has 2 saturated heterocycles. The van der Waals surface area contributed by atoms with Crippen molar-refractivity contribution in [3.05, 3.63) is 41.0 Å². The van der Waals surface area contributed by atoms with Crippen LogP contribution < -0.4 is 16.0 Å². The molecule has 0 atom stereocenters. The van der Waals surface area contributed by atoms with Crippen molar-refractivity contribution in [2.45, 2.75) is 6.54 Å². The van der Waals surface area contributed by atoms with Gasteiger partial charge in [0.15, 0.2) is 28.0 Å². The second kappa shape index (κ2) is 13.1. The monoisotopic (exact) mass is 527 g/mol. The predicted molar refractivity (Wildman–Crippen MR) is 145 cm³/mol. The SMILES string of the molecule is Clc1nc2c(NCCN3CCOCC3)nc(NCc3ccccc3)nc2nc1NCCN1CCOCC1. The molecule has 2 aliphatic rings. The van der Waals surface area contributed by atoms with Crippen molar-refractivity contribution in [2.24, 2.45) is 0 Å². The Morgan fingerprint density at radius 1 is 0.730 bits per heavy atom. The van der Waals surface area contributed by atoms with Gasteiger partial charge in [-0.3, -0.25) is 9.80 Å². The maximum absolute atomic E-state index is 6.54. The molecule has 2 fully saturated rings. The van der Waals surface area contributed by atoms with Crippen LogP contribution in [0.25, 0.3) is 11.2 Å². The van der Waals surface area contributed by atoms with Gasteiger partial charge < -0.3 is 25.4 Å². The molecule has 0 spiro atoms. The van der Waals surface area contributed by atoms with E-state index in [9.17, 15) is 0 Å². The van der Waals surface area contributed by atoms with E-state index in [0.717, 1.165) is 71.3 Å². The molecule has 0 aliphatic carbocycles. The van der Waals surface area contributed by atoms with Gasteiger partial charge in [0.25, 0.3) is 0 Å². The van der Waals surface area contributed by atoms with Gasteiger partial charge in [0, 0.05) is 58.9 Å². The summed E-state index contributed by atoms with van der Waals surface area (Å²) in [5.74, 6) is 1.62. The number of hydrogen-bond acceptors (Lipinski definition) is 11. The first-order valence-corrected chi connectivity index (χ1v) is 13.2. The molecule has 2 aliphatic heterocycles. The van der Waals surface area contributed by atoms with E-state index < -0.39 is 0 Å². The third-order valence-electron chi connectivity index (χ3n) is 6.43. The van der Waals surface area contributed by atoms with Crippen LogP contribution in [-0.2, 0) is 16.0 Å².